The van der Waals surface area contributed by atoms with Crippen LogP contribution in [0.5, 0.6) is 11.5 Å². The van der Waals surface area contributed by atoms with Crippen LogP contribution in [0.25, 0.3) is 21.3 Å². The molecule has 2 aromatic heterocycles. The predicted octanol–water partition coefficient (Wildman–Crippen LogP) is 4.90. The Hall–Kier alpha value is -3.80. The Morgan fingerprint density at radius 3 is 2.41 bits per heavy atom. The maximum absolute atomic E-state index is 13.1. The molecule has 0 fully saturated rings. The Labute approximate surface area is 192 Å². The summed E-state index contributed by atoms with van der Waals surface area (Å²) in [4.78, 5) is 18.3. The number of ether oxygens (including phenoxy) is 2. The number of fused-ring (bicyclic) bond motifs is 1. The number of hydrogen-bond donors (Lipinski definition) is 2. The molecule has 4 N–H and O–H groups in total. The molecule has 2 aromatic carbocycles. The van der Waals surface area contributed by atoms with Crippen LogP contribution in [-0.2, 0) is 0 Å². The van der Waals surface area contributed by atoms with Gasteiger partial charge in [0, 0.05) is 21.5 Å². The summed E-state index contributed by atoms with van der Waals surface area (Å²) in [7, 11) is 3.05. The molecule has 0 atom stereocenters. The number of benzene rings is 2. The molecule has 32 heavy (non-hydrogen) atoms. The van der Waals surface area contributed by atoms with Crippen molar-refractivity contribution in [3.05, 3.63) is 63.5 Å². The van der Waals surface area contributed by atoms with E-state index in [-0.39, 0.29) is 22.9 Å². The molecule has 0 aliphatic rings. The van der Waals surface area contributed by atoms with E-state index in [1.807, 2.05) is 0 Å². The highest BCUT2D eigenvalue weighted by molar-refractivity contribution is 7.21. The molecule has 9 heteroatoms. The molecule has 2 heterocycles. The van der Waals surface area contributed by atoms with E-state index in [1.54, 1.807) is 42.5 Å². The van der Waals surface area contributed by atoms with Gasteiger partial charge in [-0.05, 0) is 42.0 Å². The number of rotatable bonds is 5. The van der Waals surface area contributed by atoms with Gasteiger partial charge in [-0.25, -0.2) is 4.98 Å². The van der Waals surface area contributed by atoms with E-state index in [9.17, 15) is 10.1 Å². The van der Waals surface area contributed by atoms with E-state index in [0.29, 0.717) is 48.3 Å². The first kappa shape index (κ1) is 21.4. The van der Waals surface area contributed by atoms with Crippen LogP contribution in [0.3, 0.4) is 0 Å². The van der Waals surface area contributed by atoms with Gasteiger partial charge in [-0.15, -0.1) is 11.3 Å². The first-order valence-corrected chi connectivity index (χ1v) is 10.5. The lowest BCUT2D eigenvalue weighted by atomic mass is 9.96. The van der Waals surface area contributed by atoms with Gasteiger partial charge in [-0.1, -0.05) is 17.7 Å². The van der Waals surface area contributed by atoms with Crippen molar-refractivity contribution in [2.45, 2.75) is 0 Å². The van der Waals surface area contributed by atoms with Crippen molar-refractivity contribution in [1.82, 2.24) is 4.98 Å². The molecule has 0 aliphatic carbocycles. The van der Waals surface area contributed by atoms with Gasteiger partial charge in [0.2, 0.25) is 5.78 Å². The monoisotopic (exact) mass is 464 g/mol. The van der Waals surface area contributed by atoms with E-state index in [1.165, 1.54) is 14.2 Å². The van der Waals surface area contributed by atoms with Crippen molar-refractivity contribution >= 4 is 50.4 Å². The molecule has 0 spiro atoms. The van der Waals surface area contributed by atoms with E-state index in [2.05, 4.69) is 11.1 Å². The van der Waals surface area contributed by atoms with Gasteiger partial charge < -0.3 is 20.9 Å². The highest BCUT2D eigenvalue weighted by Gasteiger charge is 2.25. The van der Waals surface area contributed by atoms with Crippen molar-refractivity contribution in [3.63, 3.8) is 0 Å². The fourth-order valence-electron chi connectivity index (χ4n) is 3.46. The minimum absolute atomic E-state index is 0.0523. The van der Waals surface area contributed by atoms with Gasteiger partial charge in [-0.2, -0.15) is 5.26 Å². The summed E-state index contributed by atoms with van der Waals surface area (Å²) in [6.07, 6.45) is 0. The van der Waals surface area contributed by atoms with Crippen molar-refractivity contribution in [2.75, 3.05) is 25.7 Å². The maximum atomic E-state index is 13.1. The van der Waals surface area contributed by atoms with Crippen molar-refractivity contribution in [2.24, 2.45) is 0 Å². The highest BCUT2D eigenvalue weighted by atomic mass is 35.5. The minimum Gasteiger partial charge on any atom is -0.493 e. The highest BCUT2D eigenvalue weighted by Crippen LogP contribution is 2.44. The van der Waals surface area contributed by atoms with Crippen LogP contribution in [0.15, 0.2) is 42.5 Å². The molecule has 0 amide bonds. The normalized spacial score (nSPS) is 10.7. The third-order valence-electron chi connectivity index (χ3n) is 5.00. The zero-order valence-corrected chi connectivity index (χ0v) is 18.7. The summed E-state index contributed by atoms with van der Waals surface area (Å²) in [5.41, 5.74) is 14.5. The van der Waals surface area contributed by atoms with Crippen LogP contribution in [0.1, 0.15) is 20.8 Å². The second-order valence-electron chi connectivity index (χ2n) is 6.79. The summed E-state index contributed by atoms with van der Waals surface area (Å²) in [6, 6.07) is 13.9. The fourth-order valence-corrected chi connectivity index (χ4v) is 4.66. The minimum atomic E-state index is -0.266. The van der Waals surface area contributed by atoms with Crippen LogP contribution in [-0.4, -0.2) is 25.0 Å². The number of nitrogens with two attached hydrogens (primary N) is 2. The standard InChI is InChI=1S/C23H17ClN4O3S/c1-30-15-8-5-12(9-16(15)31-2)17-14(10-25)22(27)28-23-18(17)19(26)21(32-23)20(29)11-3-6-13(24)7-4-11/h3-9H,26H2,1-2H3,(H2,27,28). The Morgan fingerprint density at radius 1 is 1.09 bits per heavy atom. The summed E-state index contributed by atoms with van der Waals surface area (Å²) < 4.78 is 10.7. The van der Waals surface area contributed by atoms with Gasteiger partial charge in [0.25, 0.3) is 0 Å². The summed E-state index contributed by atoms with van der Waals surface area (Å²) >= 11 is 7.06. The molecular weight excluding hydrogens is 448 g/mol. The van der Waals surface area contributed by atoms with Crippen LogP contribution < -0.4 is 20.9 Å². The number of pyridine rings is 1. The van der Waals surface area contributed by atoms with Gasteiger partial charge in [0.1, 0.15) is 27.2 Å². The van der Waals surface area contributed by atoms with E-state index in [0.717, 1.165) is 11.3 Å². The molecule has 160 valence electrons. The van der Waals surface area contributed by atoms with Gasteiger partial charge in [0.05, 0.1) is 19.9 Å². The number of nitrogen functional groups attached to an aromatic ring is 2. The van der Waals surface area contributed by atoms with Crippen molar-refractivity contribution in [1.29, 1.82) is 5.26 Å². The largest absolute Gasteiger partial charge is 0.493 e. The number of halogens is 1. The van der Waals surface area contributed by atoms with Gasteiger partial charge in [0.15, 0.2) is 11.5 Å². The summed E-state index contributed by atoms with van der Waals surface area (Å²) in [5, 5.41) is 10.8. The van der Waals surface area contributed by atoms with E-state index < -0.39 is 0 Å². The third-order valence-corrected chi connectivity index (χ3v) is 6.35. The molecule has 0 radical (unpaired) electrons. The smallest absolute Gasteiger partial charge is 0.205 e. The first-order chi connectivity index (χ1) is 15.4. The number of methoxy groups -OCH3 is 2. The second kappa shape index (κ2) is 8.38. The number of anilines is 2. The van der Waals surface area contributed by atoms with E-state index in [4.69, 9.17) is 32.5 Å². The Kier molecular flexibility index (Phi) is 5.61. The average Bonchev–Trinajstić information content (AvgIpc) is 3.13. The number of ketones is 1. The molecule has 0 aliphatic heterocycles. The van der Waals surface area contributed by atoms with Gasteiger partial charge >= 0.3 is 0 Å². The number of nitrogens with zero attached hydrogens (tertiary/aromatic N) is 2. The molecule has 4 rings (SSSR count). The number of thiophene rings is 1. The summed E-state index contributed by atoms with van der Waals surface area (Å²) in [6.45, 7) is 0. The SMILES string of the molecule is COc1ccc(-c2c(C#N)c(N)nc3sc(C(=O)c4ccc(Cl)cc4)c(N)c23)cc1OC. The second-order valence-corrected chi connectivity index (χ2v) is 8.23. The molecule has 0 saturated heterocycles. The number of carbonyl (C=O) groups excluding carboxylic acids is 1. The van der Waals surface area contributed by atoms with Crippen LogP contribution in [0, 0.1) is 11.3 Å². The van der Waals surface area contributed by atoms with Crippen LogP contribution >= 0.6 is 22.9 Å². The maximum Gasteiger partial charge on any atom is 0.205 e. The number of carbonyl (C=O) groups is 1. The zero-order chi connectivity index (χ0) is 23.0. The van der Waals surface area contributed by atoms with Gasteiger partial charge in [-0.3, -0.25) is 4.79 Å². The van der Waals surface area contributed by atoms with Crippen molar-refractivity contribution in [3.8, 4) is 28.7 Å². The number of aromatic nitrogens is 1. The first-order valence-electron chi connectivity index (χ1n) is 9.33. The molecule has 4 aromatic rings. The molecule has 7 nitrogen and oxygen atoms in total. The lowest BCUT2D eigenvalue weighted by Crippen LogP contribution is -2.03. The molecular formula is C23H17ClN4O3S. The molecule has 0 bridgehead atoms. The zero-order valence-electron chi connectivity index (χ0n) is 17.1. The van der Waals surface area contributed by atoms with Crippen LogP contribution in [0.2, 0.25) is 5.02 Å². The fraction of sp³-hybridized carbons (Fsp3) is 0.0870. The molecule has 0 unspecified atom stereocenters. The van der Waals surface area contributed by atoms with E-state index >= 15 is 0 Å². The predicted molar refractivity (Wildman–Crippen MR) is 127 cm³/mol. The summed E-state index contributed by atoms with van der Waals surface area (Å²) in [5.74, 6) is 0.794. The Morgan fingerprint density at radius 2 is 1.78 bits per heavy atom. The quantitative estimate of drug-likeness (QED) is 0.402. The molecule has 0 saturated carbocycles. The lowest BCUT2D eigenvalue weighted by Gasteiger charge is -2.13. The number of hydrogen-bond acceptors (Lipinski definition) is 8. The number of nitriles is 1. The lowest BCUT2D eigenvalue weighted by molar-refractivity contribution is 0.104. The topological polar surface area (TPSA) is 124 Å². The Bertz CT molecular complexity index is 1410. The third kappa shape index (κ3) is 3.47. The Balaban J connectivity index is 2.00. The van der Waals surface area contributed by atoms with Crippen molar-refractivity contribution < 1.29 is 14.3 Å². The average molecular weight is 465 g/mol. The van der Waals surface area contributed by atoms with Crippen LogP contribution in [0.4, 0.5) is 11.5 Å².